The molecule has 0 spiro atoms. The van der Waals surface area contributed by atoms with Crippen LogP contribution in [-0.4, -0.2) is 43.1 Å². The predicted molar refractivity (Wildman–Crippen MR) is 60.9 cm³/mol. The minimum atomic E-state index is -0.118. The highest BCUT2D eigenvalue weighted by molar-refractivity contribution is 5.99. The molecule has 0 unspecified atom stereocenters. The Balaban J connectivity index is 2.79. The number of hydrazine groups is 1. The molecule has 0 radical (unpaired) electrons. The van der Waals surface area contributed by atoms with E-state index >= 15 is 0 Å². The van der Waals surface area contributed by atoms with Crippen LogP contribution >= 0.6 is 0 Å². The lowest BCUT2D eigenvalue weighted by molar-refractivity contribution is 0.0745. The van der Waals surface area contributed by atoms with Gasteiger partial charge in [0.1, 0.15) is 0 Å². The number of amides is 1. The van der Waals surface area contributed by atoms with Crippen LogP contribution < -0.4 is 11.3 Å². The third kappa shape index (κ3) is 2.91. The summed E-state index contributed by atoms with van der Waals surface area (Å²) in [5, 5.41) is 0. The fourth-order valence-electron chi connectivity index (χ4n) is 1.23. The second-order valence-electron chi connectivity index (χ2n) is 3.29. The number of ether oxygens (including phenoxy) is 1. The summed E-state index contributed by atoms with van der Waals surface area (Å²) < 4.78 is 4.91. The molecule has 0 aliphatic heterocycles. The Bertz CT molecular complexity index is 356. The molecule has 1 amide bonds. The van der Waals surface area contributed by atoms with Gasteiger partial charge in [0.25, 0.3) is 5.91 Å². The van der Waals surface area contributed by atoms with Crippen molar-refractivity contribution in [1.82, 2.24) is 9.88 Å². The zero-order chi connectivity index (χ0) is 12.0. The van der Waals surface area contributed by atoms with Crippen LogP contribution in [-0.2, 0) is 4.74 Å². The highest BCUT2D eigenvalue weighted by Gasteiger charge is 2.14. The quantitative estimate of drug-likeness (QED) is 0.547. The van der Waals surface area contributed by atoms with Crippen molar-refractivity contribution >= 4 is 11.6 Å². The van der Waals surface area contributed by atoms with Crippen molar-refractivity contribution in [2.45, 2.75) is 0 Å². The molecule has 1 aromatic heterocycles. The van der Waals surface area contributed by atoms with Crippen LogP contribution in [0.2, 0.25) is 0 Å². The van der Waals surface area contributed by atoms with Crippen LogP contribution in [0.4, 0.5) is 5.69 Å². The van der Waals surface area contributed by atoms with E-state index in [2.05, 4.69) is 10.4 Å². The number of pyridine rings is 1. The van der Waals surface area contributed by atoms with Gasteiger partial charge < -0.3 is 15.1 Å². The second-order valence-corrected chi connectivity index (χ2v) is 3.29. The molecule has 0 fully saturated rings. The number of carbonyl (C=O) groups is 1. The first-order chi connectivity index (χ1) is 7.70. The van der Waals surface area contributed by atoms with Crippen LogP contribution in [0.1, 0.15) is 10.4 Å². The molecular formula is C10H16N4O2. The molecule has 88 valence electrons. The van der Waals surface area contributed by atoms with Gasteiger partial charge in [0, 0.05) is 26.9 Å². The molecule has 6 nitrogen and oxygen atoms in total. The van der Waals surface area contributed by atoms with Crippen molar-refractivity contribution in [1.29, 1.82) is 0 Å². The second kappa shape index (κ2) is 6.04. The van der Waals surface area contributed by atoms with Gasteiger partial charge in [0.15, 0.2) is 0 Å². The molecule has 0 bridgehead atoms. The summed E-state index contributed by atoms with van der Waals surface area (Å²) in [6.07, 6.45) is 3.07. The lowest BCUT2D eigenvalue weighted by Crippen LogP contribution is -2.30. The summed E-state index contributed by atoms with van der Waals surface area (Å²) in [5.74, 6) is 5.19. The Labute approximate surface area is 94.4 Å². The largest absolute Gasteiger partial charge is 0.383 e. The summed E-state index contributed by atoms with van der Waals surface area (Å²) in [5.41, 5.74) is 3.45. The maximum absolute atomic E-state index is 12.0. The van der Waals surface area contributed by atoms with Crippen molar-refractivity contribution in [2.75, 3.05) is 32.7 Å². The first kappa shape index (κ1) is 12.4. The van der Waals surface area contributed by atoms with E-state index in [1.165, 1.54) is 6.20 Å². The van der Waals surface area contributed by atoms with Gasteiger partial charge in [-0.15, -0.1) is 0 Å². The third-order valence-corrected chi connectivity index (χ3v) is 2.18. The minimum absolute atomic E-state index is 0.118. The normalized spacial score (nSPS) is 9.94. The minimum Gasteiger partial charge on any atom is -0.383 e. The number of nitrogens with two attached hydrogens (primary N) is 1. The van der Waals surface area contributed by atoms with E-state index in [-0.39, 0.29) is 5.91 Å². The third-order valence-electron chi connectivity index (χ3n) is 2.18. The molecule has 0 aliphatic carbocycles. The highest BCUT2D eigenvalue weighted by atomic mass is 16.5. The van der Waals surface area contributed by atoms with Crippen LogP contribution in [0, 0.1) is 0 Å². The van der Waals surface area contributed by atoms with E-state index in [1.54, 1.807) is 31.3 Å². The molecule has 0 atom stereocenters. The molecule has 1 aromatic rings. The number of carbonyl (C=O) groups excluding carboxylic acids is 1. The van der Waals surface area contributed by atoms with E-state index in [0.717, 1.165) is 0 Å². The van der Waals surface area contributed by atoms with Crippen LogP contribution in [0.25, 0.3) is 0 Å². The molecule has 1 rings (SSSR count). The molecule has 0 saturated heterocycles. The number of rotatable bonds is 5. The Morgan fingerprint density at radius 3 is 3.06 bits per heavy atom. The average Bonchev–Trinajstić information content (AvgIpc) is 2.34. The summed E-state index contributed by atoms with van der Waals surface area (Å²) in [6.45, 7) is 1.03. The Morgan fingerprint density at radius 2 is 2.44 bits per heavy atom. The SMILES string of the molecule is COCCN(C)C(=O)c1ccncc1NN. The molecular weight excluding hydrogens is 208 g/mol. The number of anilines is 1. The topological polar surface area (TPSA) is 80.5 Å². The number of hydrogen-bond acceptors (Lipinski definition) is 5. The molecule has 0 aliphatic rings. The van der Waals surface area contributed by atoms with Crippen LogP contribution in [0.3, 0.4) is 0 Å². The van der Waals surface area contributed by atoms with Gasteiger partial charge in [-0.3, -0.25) is 15.6 Å². The zero-order valence-electron chi connectivity index (χ0n) is 9.43. The first-order valence-corrected chi connectivity index (χ1v) is 4.85. The molecule has 0 aromatic carbocycles. The fourth-order valence-corrected chi connectivity index (χ4v) is 1.23. The predicted octanol–water partition coefficient (Wildman–Crippen LogP) is 0.0856. The van der Waals surface area contributed by atoms with Gasteiger partial charge in [-0.1, -0.05) is 0 Å². The van der Waals surface area contributed by atoms with E-state index in [4.69, 9.17) is 10.6 Å². The number of nitrogen functional groups attached to an aromatic ring is 1. The first-order valence-electron chi connectivity index (χ1n) is 4.85. The number of methoxy groups -OCH3 is 1. The van der Waals surface area contributed by atoms with Gasteiger partial charge in [-0.05, 0) is 6.07 Å². The van der Waals surface area contributed by atoms with E-state index in [9.17, 15) is 4.79 Å². The number of aromatic nitrogens is 1. The van der Waals surface area contributed by atoms with E-state index < -0.39 is 0 Å². The van der Waals surface area contributed by atoms with E-state index in [0.29, 0.717) is 24.4 Å². The highest BCUT2D eigenvalue weighted by Crippen LogP contribution is 2.13. The zero-order valence-corrected chi connectivity index (χ0v) is 9.43. The standard InChI is InChI=1S/C10H16N4O2/c1-14(5-6-16-2)10(15)8-3-4-12-7-9(8)13-11/h3-4,7,13H,5-6,11H2,1-2H3. The van der Waals surface area contributed by atoms with Crippen molar-refractivity contribution in [3.05, 3.63) is 24.0 Å². The number of nitrogens with zero attached hydrogens (tertiary/aromatic N) is 2. The van der Waals surface area contributed by atoms with Gasteiger partial charge in [-0.25, -0.2) is 0 Å². The van der Waals surface area contributed by atoms with Crippen molar-refractivity contribution in [2.24, 2.45) is 5.84 Å². The summed E-state index contributed by atoms with van der Waals surface area (Å²) in [4.78, 5) is 17.4. The maximum atomic E-state index is 12.0. The molecule has 16 heavy (non-hydrogen) atoms. The maximum Gasteiger partial charge on any atom is 0.255 e. The average molecular weight is 224 g/mol. The van der Waals surface area contributed by atoms with Gasteiger partial charge in [0.2, 0.25) is 0 Å². The van der Waals surface area contributed by atoms with Crippen molar-refractivity contribution < 1.29 is 9.53 Å². The number of nitrogens with one attached hydrogen (secondary N) is 1. The molecule has 3 N–H and O–H groups in total. The van der Waals surface area contributed by atoms with Crippen LogP contribution in [0.15, 0.2) is 18.5 Å². The Morgan fingerprint density at radius 1 is 1.69 bits per heavy atom. The van der Waals surface area contributed by atoms with Crippen molar-refractivity contribution in [3.8, 4) is 0 Å². The summed E-state index contributed by atoms with van der Waals surface area (Å²) in [6, 6.07) is 1.63. The monoisotopic (exact) mass is 224 g/mol. The van der Waals surface area contributed by atoms with Crippen molar-refractivity contribution in [3.63, 3.8) is 0 Å². The van der Waals surface area contributed by atoms with Gasteiger partial charge in [-0.2, -0.15) is 0 Å². The van der Waals surface area contributed by atoms with Crippen LogP contribution in [0.5, 0.6) is 0 Å². The van der Waals surface area contributed by atoms with E-state index in [1.807, 2.05) is 0 Å². The lowest BCUT2D eigenvalue weighted by Gasteiger charge is -2.18. The fraction of sp³-hybridized carbons (Fsp3) is 0.400. The number of likely N-dealkylation sites (N-methyl/N-ethyl adjacent to an activating group) is 1. The number of hydrogen-bond donors (Lipinski definition) is 2. The summed E-state index contributed by atoms with van der Waals surface area (Å²) >= 11 is 0. The molecule has 0 saturated carbocycles. The van der Waals surface area contributed by atoms with Gasteiger partial charge in [0.05, 0.1) is 24.1 Å². The van der Waals surface area contributed by atoms with Gasteiger partial charge >= 0.3 is 0 Å². The molecule has 6 heteroatoms. The Kier molecular flexibility index (Phi) is 4.68. The summed E-state index contributed by atoms with van der Waals surface area (Å²) in [7, 11) is 3.31. The molecule has 1 heterocycles. The lowest BCUT2D eigenvalue weighted by atomic mass is 10.2. The Hall–Kier alpha value is -1.66. The smallest absolute Gasteiger partial charge is 0.255 e.